The zero-order valence-corrected chi connectivity index (χ0v) is 42.8. The number of aromatic nitrogens is 1. The maximum absolute atomic E-state index is 14.1. The molecule has 7 rings (SSSR count). The van der Waals surface area contributed by atoms with Crippen LogP contribution in [0.3, 0.4) is 0 Å². The fraction of sp³-hybridized carbons (Fsp3) is 0.411. The van der Waals surface area contributed by atoms with Crippen molar-refractivity contribution in [3.05, 3.63) is 137 Å². The van der Waals surface area contributed by atoms with Crippen LogP contribution in [0.1, 0.15) is 87.2 Å². The number of carbonyl (C=O) groups excluding carboxylic acids is 4. The number of hydrogen-bond acceptors (Lipinski definition) is 10. The summed E-state index contributed by atoms with van der Waals surface area (Å²) in [6.45, 7) is 11.7. The van der Waals surface area contributed by atoms with Gasteiger partial charge in [-0.2, -0.15) is 0 Å². The van der Waals surface area contributed by atoms with Crippen molar-refractivity contribution in [1.82, 2.24) is 30.3 Å². The monoisotopic (exact) mass is 1000 g/mol. The van der Waals surface area contributed by atoms with Crippen molar-refractivity contribution in [2.75, 3.05) is 51.8 Å². The Kier molecular flexibility index (Phi) is 18.5. The molecular formula is C56H67ClN6O7S. The smallest absolute Gasteiger partial charge is 0.246 e. The summed E-state index contributed by atoms with van der Waals surface area (Å²) in [6, 6.07) is 31.6. The second-order valence-corrected chi connectivity index (χ2v) is 20.7. The number of allylic oxidation sites excluding steroid dienone is 1. The molecule has 3 heterocycles. The number of β-amino-alcohol motifs (C(OH)–C–C–N with tert-alkyl or cyclic N) is 1. The Balaban J connectivity index is 0.821. The Labute approximate surface area is 426 Å². The second kappa shape index (κ2) is 24.9. The van der Waals surface area contributed by atoms with E-state index in [9.17, 15) is 29.4 Å². The molecule has 376 valence electrons. The van der Waals surface area contributed by atoms with Gasteiger partial charge in [0.25, 0.3) is 0 Å². The molecule has 1 aromatic heterocycles. The van der Waals surface area contributed by atoms with Crippen LogP contribution in [0, 0.1) is 12.3 Å². The van der Waals surface area contributed by atoms with E-state index in [0.717, 1.165) is 74.9 Å². The van der Waals surface area contributed by atoms with E-state index in [1.165, 1.54) is 4.90 Å². The summed E-state index contributed by atoms with van der Waals surface area (Å²) >= 11 is 7.90. The minimum absolute atomic E-state index is 0.00260. The summed E-state index contributed by atoms with van der Waals surface area (Å²) < 4.78 is 6.18. The quantitative estimate of drug-likeness (QED) is 0.0341. The summed E-state index contributed by atoms with van der Waals surface area (Å²) in [5, 5.41) is 26.5. The van der Waals surface area contributed by atoms with Crippen molar-refractivity contribution in [2.24, 2.45) is 5.41 Å². The summed E-state index contributed by atoms with van der Waals surface area (Å²) in [4.78, 5) is 65.1. The van der Waals surface area contributed by atoms with Gasteiger partial charge in [-0.15, -0.1) is 22.9 Å². The maximum atomic E-state index is 14.1. The number of nitrogens with one attached hydrogen (secondary N) is 2. The predicted molar refractivity (Wildman–Crippen MR) is 281 cm³/mol. The lowest BCUT2D eigenvalue weighted by atomic mass is 9.85. The molecule has 5 aromatic rings. The molecule has 2 fully saturated rings. The topological polar surface area (TPSA) is 165 Å². The number of hydrogen-bond donors (Lipinski definition) is 4. The highest BCUT2D eigenvalue weighted by Crippen LogP contribution is 2.36. The van der Waals surface area contributed by atoms with E-state index in [2.05, 4.69) is 44.8 Å². The fourth-order valence-electron chi connectivity index (χ4n) is 9.26. The van der Waals surface area contributed by atoms with E-state index >= 15 is 0 Å². The zero-order chi connectivity index (χ0) is 50.5. The molecule has 4 aromatic carbocycles. The molecule has 2 aliphatic rings. The minimum atomic E-state index is -0.921. The zero-order valence-electron chi connectivity index (χ0n) is 41.2. The number of carbonyl (C=O) groups is 4. The number of ether oxygens (including phenoxy) is 1. The lowest BCUT2D eigenvalue weighted by molar-refractivity contribution is -0.144. The Morgan fingerprint density at radius 2 is 1.51 bits per heavy atom. The Hall–Kier alpha value is -6.06. The van der Waals surface area contributed by atoms with E-state index in [1.54, 1.807) is 23.5 Å². The van der Waals surface area contributed by atoms with Crippen molar-refractivity contribution in [2.45, 2.75) is 91.0 Å². The van der Waals surface area contributed by atoms with E-state index < -0.39 is 29.5 Å². The summed E-state index contributed by atoms with van der Waals surface area (Å²) in [5.41, 5.74) is 9.33. The number of thiazole rings is 1. The molecule has 15 heteroatoms. The van der Waals surface area contributed by atoms with Gasteiger partial charge >= 0.3 is 0 Å². The molecule has 3 atom stereocenters. The number of aromatic hydroxyl groups is 1. The van der Waals surface area contributed by atoms with Gasteiger partial charge in [0.1, 0.15) is 30.2 Å². The van der Waals surface area contributed by atoms with Crippen molar-refractivity contribution in [3.63, 3.8) is 0 Å². The van der Waals surface area contributed by atoms with Crippen molar-refractivity contribution < 1.29 is 34.1 Å². The number of unbranched alkanes of at least 4 members (excludes halogenated alkanes) is 1. The number of aryl methyl sites for hydroxylation is 1. The van der Waals surface area contributed by atoms with E-state index in [1.807, 2.05) is 105 Å². The molecule has 2 aliphatic heterocycles. The van der Waals surface area contributed by atoms with Gasteiger partial charge in [-0.1, -0.05) is 99.6 Å². The number of aliphatic hydroxyl groups excluding tert-OH is 1. The SMILES string of the molecule is Cc1ncsc1-c1ccc(CNC(=O)[C@@H]2C[C@@H](O)CN2C(=O)C(NC(=O)CCCCC(=O)N2CCN(CCOc3ccc(C(=C(CCCl)c4ccccc4)c4ccc(O)cc4)cc3)CC2)C(C)(C)C)cc1. The van der Waals surface area contributed by atoms with Crippen LogP contribution >= 0.6 is 22.9 Å². The summed E-state index contributed by atoms with van der Waals surface area (Å²) in [6.07, 6.45) is 1.41. The van der Waals surface area contributed by atoms with E-state index in [0.29, 0.717) is 51.3 Å². The van der Waals surface area contributed by atoms with Crippen LogP contribution in [0.25, 0.3) is 21.6 Å². The van der Waals surface area contributed by atoms with Gasteiger partial charge in [-0.05, 0) is 94.8 Å². The van der Waals surface area contributed by atoms with Crippen LogP contribution in [0.2, 0.25) is 0 Å². The number of alkyl halides is 1. The van der Waals surface area contributed by atoms with Crippen LogP contribution in [0.4, 0.5) is 0 Å². The van der Waals surface area contributed by atoms with E-state index in [-0.39, 0.29) is 49.4 Å². The van der Waals surface area contributed by atoms with Gasteiger partial charge < -0.3 is 35.4 Å². The first-order valence-corrected chi connectivity index (χ1v) is 26.0. The lowest BCUT2D eigenvalue weighted by Gasteiger charge is -2.35. The van der Waals surface area contributed by atoms with Crippen LogP contribution in [0.15, 0.2) is 109 Å². The normalized spacial score (nSPS) is 17.1. The maximum Gasteiger partial charge on any atom is 0.246 e. The predicted octanol–water partition coefficient (Wildman–Crippen LogP) is 8.30. The van der Waals surface area contributed by atoms with E-state index in [4.69, 9.17) is 16.3 Å². The number of halogens is 1. The Morgan fingerprint density at radius 3 is 2.14 bits per heavy atom. The molecule has 2 saturated heterocycles. The van der Waals surface area contributed by atoms with Crippen LogP contribution in [-0.2, 0) is 25.7 Å². The molecular weight excluding hydrogens is 936 g/mol. The fourth-order valence-corrected chi connectivity index (χ4v) is 10.3. The Morgan fingerprint density at radius 1 is 0.845 bits per heavy atom. The summed E-state index contributed by atoms with van der Waals surface area (Å²) in [5.74, 6) is 0.427. The number of likely N-dealkylation sites (tertiary alicyclic amines) is 1. The molecule has 13 nitrogen and oxygen atoms in total. The van der Waals surface area contributed by atoms with Gasteiger partial charge in [0.2, 0.25) is 23.6 Å². The first kappa shape index (κ1) is 52.8. The average molecular weight is 1000 g/mol. The number of piperazine rings is 1. The second-order valence-electron chi connectivity index (χ2n) is 19.5. The highest BCUT2D eigenvalue weighted by Gasteiger charge is 2.44. The van der Waals surface area contributed by atoms with Gasteiger partial charge in [0.15, 0.2) is 0 Å². The number of phenolic OH excluding ortho intramolecular Hbond substituents is 1. The first-order valence-electron chi connectivity index (χ1n) is 24.6. The number of nitrogens with zero attached hydrogens (tertiary/aromatic N) is 4. The average Bonchev–Trinajstić information content (AvgIpc) is 3.99. The third kappa shape index (κ3) is 14.3. The number of amides is 4. The number of rotatable bonds is 20. The van der Waals surface area contributed by atoms with Crippen molar-refractivity contribution >= 4 is 57.7 Å². The largest absolute Gasteiger partial charge is 0.508 e. The van der Waals surface area contributed by atoms with Gasteiger partial charge in [-0.3, -0.25) is 24.1 Å². The molecule has 0 bridgehead atoms. The minimum Gasteiger partial charge on any atom is -0.508 e. The van der Waals surface area contributed by atoms with Crippen LogP contribution < -0.4 is 15.4 Å². The first-order chi connectivity index (χ1) is 34.2. The number of benzene rings is 4. The lowest BCUT2D eigenvalue weighted by Crippen LogP contribution is -2.57. The highest BCUT2D eigenvalue weighted by atomic mass is 35.5. The van der Waals surface area contributed by atoms with Crippen molar-refractivity contribution in [3.8, 4) is 21.9 Å². The van der Waals surface area contributed by atoms with Gasteiger partial charge in [0, 0.05) is 71.0 Å². The molecule has 4 N–H and O–H groups in total. The van der Waals surface area contributed by atoms with Crippen molar-refractivity contribution in [1.29, 1.82) is 0 Å². The van der Waals surface area contributed by atoms with Gasteiger partial charge in [0.05, 0.1) is 22.2 Å². The molecule has 0 aliphatic carbocycles. The molecule has 0 spiro atoms. The Bertz CT molecular complexity index is 2590. The molecule has 4 amide bonds. The van der Waals surface area contributed by atoms with Gasteiger partial charge in [-0.25, -0.2) is 4.98 Å². The highest BCUT2D eigenvalue weighted by molar-refractivity contribution is 7.13. The third-order valence-corrected chi connectivity index (χ3v) is 14.4. The molecule has 1 unspecified atom stereocenters. The summed E-state index contributed by atoms with van der Waals surface area (Å²) in [7, 11) is 0. The molecule has 0 saturated carbocycles. The van der Waals surface area contributed by atoms with Crippen LogP contribution in [0.5, 0.6) is 11.5 Å². The molecule has 71 heavy (non-hydrogen) atoms. The number of aliphatic hydroxyl groups is 1. The third-order valence-electron chi connectivity index (χ3n) is 13.2. The standard InChI is InChI=1S/C56H67ClN6O7S/c1-38-52(71-37-59-38)43-16-14-39(15-17-43)35-58-54(68)48-34-45(65)36-63(48)55(69)53(56(2,3)4)60-49(66)12-8-9-13-50(67)62-30-28-61(29-31-62)32-33-70-46-24-20-42(21-25-46)51(41-18-22-44(64)23-19-41)47(26-27-57)40-10-6-5-7-11-40/h5-7,10-11,14-25,37,45,48,53,64-65H,8-9,12-13,26-36H2,1-4H3,(H,58,68)(H,60,66)/t45-,48+,53?/m1/s1. The van der Waals surface area contributed by atoms with Crippen LogP contribution in [-0.4, -0.2) is 123 Å². The number of phenols is 1. The molecule has 0 radical (unpaired) electrons.